The van der Waals surface area contributed by atoms with Crippen molar-refractivity contribution in [2.24, 2.45) is 5.92 Å². The van der Waals surface area contributed by atoms with Crippen LogP contribution < -0.4 is 5.32 Å². The molecule has 1 N–H and O–H groups in total. The molecule has 3 nitrogen and oxygen atoms in total. The average molecular weight is 262 g/mol. The van der Waals surface area contributed by atoms with E-state index in [4.69, 9.17) is 0 Å². The van der Waals surface area contributed by atoms with Gasteiger partial charge in [0.2, 0.25) is 0 Å². The molecule has 0 radical (unpaired) electrons. The van der Waals surface area contributed by atoms with Crippen LogP contribution in [0.1, 0.15) is 18.5 Å². The molecule has 2 rings (SSSR count). The van der Waals surface area contributed by atoms with E-state index in [2.05, 4.69) is 20.6 Å². The second kappa shape index (κ2) is 7.22. The van der Waals surface area contributed by atoms with Crippen LogP contribution in [0, 0.1) is 5.92 Å². The topological polar surface area (TPSA) is 28.2 Å². The molecule has 92 valence electrons. The molecule has 0 aromatic carbocycles. The van der Waals surface area contributed by atoms with E-state index >= 15 is 0 Å². The first-order chi connectivity index (χ1) is 7.38. The Bertz CT molecular complexity index is 271. The minimum absolute atomic E-state index is 0. The van der Waals surface area contributed by atoms with Gasteiger partial charge in [-0.25, -0.2) is 4.98 Å². The number of nitrogens with zero attached hydrogens (tertiary/aromatic N) is 2. The molecule has 0 bridgehead atoms. The van der Waals surface area contributed by atoms with E-state index in [0.29, 0.717) is 0 Å². The van der Waals surface area contributed by atoms with Crippen molar-refractivity contribution in [2.75, 3.05) is 26.7 Å². The molecule has 0 atom stereocenters. The first-order valence-electron chi connectivity index (χ1n) is 5.62. The van der Waals surface area contributed by atoms with Crippen molar-refractivity contribution >= 4 is 23.7 Å². The summed E-state index contributed by atoms with van der Waals surface area (Å²) in [7, 11) is 2.04. The first kappa shape index (κ1) is 13.9. The molecule has 0 amide bonds. The number of aromatic nitrogens is 1. The van der Waals surface area contributed by atoms with E-state index < -0.39 is 0 Å². The van der Waals surface area contributed by atoms with Crippen LogP contribution in [0.3, 0.4) is 0 Å². The van der Waals surface area contributed by atoms with E-state index in [1.165, 1.54) is 38.2 Å². The minimum atomic E-state index is 0. The fourth-order valence-electron chi connectivity index (χ4n) is 2.18. The molecule has 1 aromatic rings. The smallest absolute Gasteiger partial charge is 0.0795 e. The summed E-state index contributed by atoms with van der Waals surface area (Å²) in [4.78, 5) is 6.85. The minimum Gasteiger partial charge on any atom is -0.319 e. The van der Waals surface area contributed by atoms with Crippen LogP contribution in [0.2, 0.25) is 0 Å². The van der Waals surface area contributed by atoms with Crippen LogP contribution in [0.4, 0.5) is 0 Å². The van der Waals surface area contributed by atoms with Gasteiger partial charge in [0, 0.05) is 11.9 Å². The SMILES string of the molecule is CNCC1CCN(Cc2cscn2)CC1.Cl. The molecular weight excluding hydrogens is 242 g/mol. The largest absolute Gasteiger partial charge is 0.319 e. The second-order valence-corrected chi connectivity index (χ2v) is 4.98. The molecule has 5 heteroatoms. The summed E-state index contributed by atoms with van der Waals surface area (Å²) in [6.45, 7) is 4.66. The Kier molecular flexibility index (Phi) is 6.28. The molecule has 0 unspecified atom stereocenters. The number of hydrogen-bond donors (Lipinski definition) is 1. The Labute approximate surface area is 108 Å². The highest BCUT2D eigenvalue weighted by Crippen LogP contribution is 2.18. The molecule has 0 saturated carbocycles. The quantitative estimate of drug-likeness (QED) is 0.899. The van der Waals surface area contributed by atoms with Gasteiger partial charge >= 0.3 is 0 Å². The summed E-state index contributed by atoms with van der Waals surface area (Å²) in [6.07, 6.45) is 2.65. The van der Waals surface area contributed by atoms with Crippen LogP contribution >= 0.6 is 23.7 Å². The van der Waals surface area contributed by atoms with Gasteiger partial charge in [-0.05, 0) is 45.4 Å². The zero-order chi connectivity index (χ0) is 10.5. The van der Waals surface area contributed by atoms with Crippen LogP contribution in [-0.2, 0) is 6.54 Å². The zero-order valence-corrected chi connectivity index (χ0v) is 11.3. The normalized spacial score (nSPS) is 18.3. The molecule has 0 aliphatic carbocycles. The Morgan fingerprint density at radius 1 is 1.50 bits per heavy atom. The summed E-state index contributed by atoms with van der Waals surface area (Å²) in [5.74, 6) is 0.877. The van der Waals surface area contributed by atoms with Crippen molar-refractivity contribution in [1.82, 2.24) is 15.2 Å². The van der Waals surface area contributed by atoms with Gasteiger partial charge in [-0.1, -0.05) is 0 Å². The number of likely N-dealkylation sites (tertiary alicyclic amines) is 1. The zero-order valence-electron chi connectivity index (χ0n) is 9.69. The maximum absolute atomic E-state index is 4.33. The van der Waals surface area contributed by atoms with Crippen LogP contribution in [-0.4, -0.2) is 36.6 Å². The number of hydrogen-bond acceptors (Lipinski definition) is 4. The van der Waals surface area contributed by atoms with Gasteiger partial charge in [0.15, 0.2) is 0 Å². The van der Waals surface area contributed by atoms with Crippen LogP contribution in [0.25, 0.3) is 0 Å². The fraction of sp³-hybridized carbons (Fsp3) is 0.727. The van der Waals surface area contributed by atoms with Crippen LogP contribution in [0.5, 0.6) is 0 Å². The molecule has 0 spiro atoms. The third-order valence-corrected chi connectivity index (χ3v) is 3.70. The standard InChI is InChI=1S/C11H19N3S.ClH/c1-12-6-10-2-4-14(5-3-10)7-11-8-15-9-13-11;/h8-10,12H,2-7H2,1H3;1H. The lowest BCUT2D eigenvalue weighted by atomic mass is 9.97. The van der Waals surface area contributed by atoms with Crippen molar-refractivity contribution < 1.29 is 0 Å². The van der Waals surface area contributed by atoms with E-state index in [-0.39, 0.29) is 12.4 Å². The van der Waals surface area contributed by atoms with Crippen molar-refractivity contribution in [2.45, 2.75) is 19.4 Å². The maximum Gasteiger partial charge on any atom is 0.0795 e. The molecule has 1 saturated heterocycles. The van der Waals surface area contributed by atoms with E-state index in [9.17, 15) is 0 Å². The van der Waals surface area contributed by atoms with E-state index in [0.717, 1.165) is 12.5 Å². The molecule has 16 heavy (non-hydrogen) atoms. The van der Waals surface area contributed by atoms with Gasteiger partial charge in [0.25, 0.3) is 0 Å². The molecule has 2 heterocycles. The third kappa shape index (κ3) is 4.01. The summed E-state index contributed by atoms with van der Waals surface area (Å²) in [6, 6.07) is 0. The van der Waals surface area contributed by atoms with Gasteiger partial charge < -0.3 is 5.32 Å². The predicted molar refractivity (Wildman–Crippen MR) is 71.3 cm³/mol. The first-order valence-corrected chi connectivity index (χ1v) is 6.57. The van der Waals surface area contributed by atoms with Crippen molar-refractivity contribution in [3.63, 3.8) is 0 Å². The Morgan fingerprint density at radius 3 is 2.81 bits per heavy atom. The number of piperidine rings is 1. The number of halogens is 1. The Hall–Kier alpha value is -0.160. The predicted octanol–water partition coefficient (Wildman–Crippen LogP) is 2.00. The van der Waals surface area contributed by atoms with Crippen molar-refractivity contribution in [3.8, 4) is 0 Å². The Balaban J connectivity index is 0.00000128. The second-order valence-electron chi connectivity index (χ2n) is 4.26. The molecule has 1 aromatic heterocycles. The molecule has 1 aliphatic rings. The lowest BCUT2D eigenvalue weighted by Gasteiger charge is -2.31. The van der Waals surface area contributed by atoms with E-state index in [1.807, 2.05) is 12.6 Å². The molecule has 1 fully saturated rings. The summed E-state index contributed by atoms with van der Waals surface area (Å²) >= 11 is 1.69. The van der Waals surface area contributed by atoms with Gasteiger partial charge in [-0.15, -0.1) is 23.7 Å². The van der Waals surface area contributed by atoms with Crippen molar-refractivity contribution in [3.05, 3.63) is 16.6 Å². The van der Waals surface area contributed by atoms with Gasteiger partial charge in [0.05, 0.1) is 11.2 Å². The van der Waals surface area contributed by atoms with Gasteiger partial charge in [-0.3, -0.25) is 4.90 Å². The van der Waals surface area contributed by atoms with Crippen LogP contribution in [0.15, 0.2) is 10.9 Å². The Morgan fingerprint density at radius 2 is 2.25 bits per heavy atom. The average Bonchev–Trinajstić information content (AvgIpc) is 2.74. The number of thiazole rings is 1. The summed E-state index contributed by atoms with van der Waals surface area (Å²) < 4.78 is 0. The van der Waals surface area contributed by atoms with Gasteiger partial charge in [-0.2, -0.15) is 0 Å². The highest BCUT2D eigenvalue weighted by molar-refractivity contribution is 7.07. The van der Waals surface area contributed by atoms with Crippen molar-refractivity contribution in [1.29, 1.82) is 0 Å². The lowest BCUT2D eigenvalue weighted by molar-refractivity contribution is 0.175. The molecular formula is C11H20ClN3S. The number of nitrogens with one attached hydrogen (secondary N) is 1. The molecule has 1 aliphatic heterocycles. The maximum atomic E-state index is 4.33. The third-order valence-electron chi connectivity index (χ3n) is 3.07. The summed E-state index contributed by atoms with van der Waals surface area (Å²) in [5, 5.41) is 5.42. The van der Waals surface area contributed by atoms with Gasteiger partial charge in [0.1, 0.15) is 0 Å². The fourth-order valence-corrected chi connectivity index (χ4v) is 2.73. The lowest BCUT2D eigenvalue weighted by Crippen LogP contribution is -2.36. The highest BCUT2D eigenvalue weighted by Gasteiger charge is 2.18. The summed E-state index contributed by atoms with van der Waals surface area (Å²) in [5.41, 5.74) is 3.15. The number of rotatable bonds is 4. The highest BCUT2D eigenvalue weighted by atomic mass is 35.5. The van der Waals surface area contributed by atoms with E-state index in [1.54, 1.807) is 11.3 Å². The monoisotopic (exact) mass is 261 g/mol.